The number of likely N-dealkylation sites (tertiary alicyclic amines) is 1. The zero-order chi connectivity index (χ0) is 19.3. The van der Waals surface area contributed by atoms with Gasteiger partial charge in [-0.15, -0.1) is 11.3 Å². The summed E-state index contributed by atoms with van der Waals surface area (Å²) in [6, 6.07) is 3.72. The Bertz CT molecular complexity index is 676. The summed E-state index contributed by atoms with van der Waals surface area (Å²) in [5, 5.41) is 13.4. The third kappa shape index (κ3) is 4.93. The smallest absolute Gasteiger partial charge is 0.345 e. The Morgan fingerprint density at radius 2 is 1.96 bits per heavy atom. The predicted molar refractivity (Wildman–Crippen MR) is 108 cm³/mol. The molecule has 1 N–H and O–H groups in total. The Hall–Kier alpha value is -1.35. The molecule has 1 aliphatic carbocycles. The van der Waals surface area contributed by atoms with E-state index in [2.05, 4.69) is 16.7 Å². The highest BCUT2D eigenvalue weighted by atomic mass is 32.1. The Morgan fingerprint density at radius 3 is 2.59 bits per heavy atom. The minimum Gasteiger partial charge on any atom is -0.444 e. The van der Waals surface area contributed by atoms with Gasteiger partial charge in [-0.2, -0.15) is 0 Å². The average molecular weight is 390 g/mol. The number of rotatable bonds is 5. The number of carbonyl (C=O) groups excluding carboxylic acids is 1. The molecule has 1 aliphatic heterocycles. The van der Waals surface area contributed by atoms with Gasteiger partial charge in [0.25, 0.3) is 0 Å². The van der Waals surface area contributed by atoms with Crippen molar-refractivity contribution in [2.24, 2.45) is 5.92 Å². The molecule has 1 unspecified atom stereocenters. The second-order valence-corrected chi connectivity index (χ2v) is 9.21. The van der Waals surface area contributed by atoms with Crippen LogP contribution in [-0.4, -0.2) is 41.2 Å². The van der Waals surface area contributed by atoms with E-state index in [1.54, 1.807) is 13.8 Å². The lowest BCUT2D eigenvalue weighted by atomic mass is 9.76. The number of aliphatic hydroxyl groups is 1. The summed E-state index contributed by atoms with van der Waals surface area (Å²) in [6.07, 6.45) is 7.43. The standard InChI is InChI=1S/C22H31NO3S/c1-21(2,13-9-16-23-14-6-7-15-23)26-20(24)22(25,19-12-8-17-27-19)18-10-4-3-5-11-18/h8,12,17-18,25H,3-7,10-11,14-16H2,1-2H3. The summed E-state index contributed by atoms with van der Waals surface area (Å²) in [6.45, 7) is 6.50. The number of thiophene rings is 1. The molecule has 2 fully saturated rings. The number of nitrogens with zero attached hydrogens (tertiary/aromatic N) is 1. The SMILES string of the molecule is CC(C)(C#CCN1CCCC1)OC(=O)C(O)(c1cccs1)C1CCCCC1. The maximum Gasteiger partial charge on any atom is 0.345 e. The molecular formula is C22H31NO3S. The van der Waals surface area contributed by atoms with E-state index < -0.39 is 17.2 Å². The third-order valence-electron chi connectivity index (χ3n) is 5.64. The van der Waals surface area contributed by atoms with Gasteiger partial charge in [0.1, 0.15) is 0 Å². The number of esters is 1. The van der Waals surface area contributed by atoms with Crippen LogP contribution >= 0.6 is 11.3 Å². The molecular weight excluding hydrogens is 358 g/mol. The molecule has 3 rings (SSSR count). The van der Waals surface area contributed by atoms with Gasteiger partial charge in [0.05, 0.1) is 6.54 Å². The molecule has 1 atom stereocenters. The van der Waals surface area contributed by atoms with Gasteiger partial charge < -0.3 is 9.84 Å². The van der Waals surface area contributed by atoms with E-state index >= 15 is 0 Å². The van der Waals surface area contributed by atoms with E-state index in [9.17, 15) is 9.90 Å². The predicted octanol–water partition coefficient (Wildman–Crippen LogP) is 3.94. The van der Waals surface area contributed by atoms with Crippen LogP contribution in [0.1, 0.15) is 63.7 Å². The lowest BCUT2D eigenvalue weighted by molar-refractivity contribution is -0.183. The van der Waals surface area contributed by atoms with Gasteiger partial charge >= 0.3 is 5.97 Å². The van der Waals surface area contributed by atoms with E-state index in [-0.39, 0.29) is 5.92 Å². The molecule has 1 saturated carbocycles. The Morgan fingerprint density at radius 1 is 1.26 bits per heavy atom. The molecule has 0 radical (unpaired) electrons. The zero-order valence-electron chi connectivity index (χ0n) is 16.5. The van der Waals surface area contributed by atoms with Gasteiger partial charge in [-0.1, -0.05) is 37.2 Å². The van der Waals surface area contributed by atoms with Crippen molar-refractivity contribution in [2.75, 3.05) is 19.6 Å². The lowest BCUT2D eigenvalue weighted by Gasteiger charge is -2.37. The van der Waals surface area contributed by atoms with Gasteiger partial charge in [0.15, 0.2) is 11.2 Å². The molecule has 1 aromatic rings. The zero-order valence-corrected chi connectivity index (χ0v) is 17.3. The van der Waals surface area contributed by atoms with Crippen molar-refractivity contribution in [1.29, 1.82) is 0 Å². The molecule has 148 valence electrons. The van der Waals surface area contributed by atoms with Crippen molar-refractivity contribution in [3.05, 3.63) is 22.4 Å². The summed E-state index contributed by atoms with van der Waals surface area (Å²) >= 11 is 1.42. The molecule has 0 amide bonds. The minimum absolute atomic E-state index is 0.0919. The van der Waals surface area contributed by atoms with Gasteiger partial charge in [-0.3, -0.25) is 4.90 Å². The molecule has 0 bridgehead atoms. The monoisotopic (exact) mass is 389 g/mol. The number of carbonyl (C=O) groups is 1. The van der Waals surface area contributed by atoms with Gasteiger partial charge in [-0.25, -0.2) is 4.79 Å². The van der Waals surface area contributed by atoms with Crippen LogP contribution in [-0.2, 0) is 15.1 Å². The van der Waals surface area contributed by atoms with Crippen molar-refractivity contribution < 1.29 is 14.6 Å². The maximum absolute atomic E-state index is 13.2. The normalized spacial score (nSPS) is 21.3. The van der Waals surface area contributed by atoms with Crippen LogP contribution in [0.3, 0.4) is 0 Å². The van der Waals surface area contributed by atoms with E-state index in [4.69, 9.17) is 4.74 Å². The van der Waals surface area contributed by atoms with Crippen LogP contribution < -0.4 is 0 Å². The fourth-order valence-corrected chi connectivity index (χ4v) is 5.01. The molecule has 2 heterocycles. The minimum atomic E-state index is -1.57. The number of ether oxygens (including phenoxy) is 1. The van der Waals surface area contributed by atoms with Crippen molar-refractivity contribution in [3.63, 3.8) is 0 Å². The van der Waals surface area contributed by atoms with Crippen LogP contribution in [0.25, 0.3) is 0 Å². The first kappa shape index (κ1) is 20.4. The third-order valence-corrected chi connectivity index (χ3v) is 6.64. The maximum atomic E-state index is 13.2. The molecule has 0 aromatic carbocycles. The van der Waals surface area contributed by atoms with Crippen molar-refractivity contribution in [3.8, 4) is 11.8 Å². The van der Waals surface area contributed by atoms with Crippen LogP contribution in [0.2, 0.25) is 0 Å². The van der Waals surface area contributed by atoms with Gasteiger partial charge in [0, 0.05) is 10.8 Å². The molecule has 0 spiro atoms. The van der Waals surface area contributed by atoms with Crippen molar-refractivity contribution >= 4 is 17.3 Å². The summed E-state index contributed by atoms with van der Waals surface area (Å²) < 4.78 is 5.77. The topological polar surface area (TPSA) is 49.8 Å². The van der Waals surface area contributed by atoms with E-state index in [0.717, 1.165) is 38.8 Å². The van der Waals surface area contributed by atoms with Gasteiger partial charge in [-0.05, 0) is 64.1 Å². The summed E-state index contributed by atoms with van der Waals surface area (Å²) in [5.74, 6) is 5.60. The summed E-state index contributed by atoms with van der Waals surface area (Å²) in [7, 11) is 0. The van der Waals surface area contributed by atoms with Crippen LogP contribution in [0.15, 0.2) is 17.5 Å². The first-order valence-corrected chi connectivity index (χ1v) is 11.0. The molecule has 27 heavy (non-hydrogen) atoms. The molecule has 5 heteroatoms. The van der Waals surface area contributed by atoms with E-state index in [1.807, 2.05) is 17.5 Å². The largest absolute Gasteiger partial charge is 0.444 e. The Kier molecular flexibility index (Phi) is 6.62. The Balaban J connectivity index is 1.72. The van der Waals surface area contributed by atoms with Gasteiger partial charge in [0.2, 0.25) is 0 Å². The van der Waals surface area contributed by atoms with Crippen LogP contribution in [0.5, 0.6) is 0 Å². The highest BCUT2D eigenvalue weighted by Crippen LogP contribution is 2.42. The summed E-state index contributed by atoms with van der Waals surface area (Å²) in [5.41, 5.74) is -2.49. The Labute approximate surface area is 166 Å². The average Bonchev–Trinajstić information content (AvgIpc) is 3.35. The van der Waals surface area contributed by atoms with Crippen molar-refractivity contribution in [1.82, 2.24) is 4.90 Å². The fraction of sp³-hybridized carbons (Fsp3) is 0.682. The second kappa shape index (κ2) is 8.77. The highest BCUT2D eigenvalue weighted by molar-refractivity contribution is 7.10. The van der Waals surface area contributed by atoms with E-state index in [1.165, 1.54) is 30.6 Å². The quantitative estimate of drug-likeness (QED) is 0.612. The van der Waals surface area contributed by atoms with Crippen LogP contribution in [0.4, 0.5) is 0 Å². The highest BCUT2D eigenvalue weighted by Gasteiger charge is 2.49. The van der Waals surface area contributed by atoms with E-state index in [0.29, 0.717) is 11.4 Å². The first-order chi connectivity index (χ1) is 12.9. The lowest BCUT2D eigenvalue weighted by Crippen LogP contribution is -2.47. The summed E-state index contributed by atoms with van der Waals surface area (Å²) in [4.78, 5) is 16.1. The van der Waals surface area contributed by atoms with Crippen LogP contribution in [0, 0.1) is 17.8 Å². The molecule has 1 aromatic heterocycles. The second-order valence-electron chi connectivity index (χ2n) is 8.26. The molecule has 4 nitrogen and oxygen atoms in total. The first-order valence-electron chi connectivity index (χ1n) is 10.1. The fourth-order valence-electron chi connectivity index (χ4n) is 4.12. The molecule has 2 aliphatic rings. The molecule has 1 saturated heterocycles. The number of hydrogen-bond donors (Lipinski definition) is 1. The van der Waals surface area contributed by atoms with Crippen molar-refractivity contribution in [2.45, 2.75) is 70.0 Å². The number of hydrogen-bond acceptors (Lipinski definition) is 5.